The number of nitro groups is 1. The van der Waals surface area contributed by atoms with Gasteiger partial charge in [-0.2, -0.15) is 0 Å². The number of nitrogens with zero attached hydrogens (tertiary/aromatic N) is 2. The fraction of sp³-hybridized carbons (Fsp3) is 0.333. The predicted octanol–water partition coefficient (Wildman–Crippen LogP) is 3.99. The van der Waals surface area contributed by atoms with E-state index in [-0.39, 0.29) is 6.54 Å². The smallest absolute Gasteiger partial charge is 0.408 e. The maximum absolute atomic E-state index is 13.6. The summed E-state index contributed by atoms with van der Waals surface area (Å²) in [5.74, 6) is -0.587. The molecule has 30 heavy (non-hydrogen) atoms. The normalized spacial score (nSPS) is 18.1. The molecule has 2 amide bonds. The van der Waals surface area contributed by atoms with Crippen LogP contribution < -0.4 is 10.2 Å². The molecule has 0 radical (unpaired) electrons. The minimum atomic E-state index is -1.88. The number of amides is 2. The highest BCUT2D eigenvalue weighted by Gasteiger charge is 2.57. The summed E-state index contributed by atoms with van der Waals surface area (Å²) < 4.78 is 5.90. The summed E-state index contributed by atoms with van der Waals surface area (Å²) in [6.07, 6.45) is -0.898. The summed E-state index contributed by atoms with van der Waals surface area (Å²) in [4.78, 5) is 38.6. The first-order valence-corrected chi connectivity index (χ1v) is 10.1. The Bertz CT molecular complexity index is 990. The second-order valence-electron chi connectivity index (χ2n) is 8.04. The molecule has 1 N–H and O–H groups in total. The molecule has 1 atom stereocenters. The number of hydrogen-bond acceptors (Lipinski definition) is 5. The number of ether oxygens (including phenoxy) is 1. The van der Waals surface area contributed by atoms with Gasteiger partial charge in [-0.25, -0.2) is 4.79 Å². The Balaban J connectivity index is 2.10. The van der Waals surface area contributed by atoms with Gasteiger partial charge in [-0.15, -0.1) is 0 Å². The number of carbonyl (C=O) groups is 2. The third-order valence-electron chi connectivity index (χ3n) is 4.59. The van der Waals surface area contributed by atoms with Gasteiger partial charge in [-0.3, -0.25) is 20.2 Å². The molecule has 3 rings (SSSR count). The van der Waals surface area contributed by atoms with E-state index in [2.05, 4.69) is 21.2 Å². The van der Waals surface area contributed by atoms with Gasteiger partial charge in [0, 0.05) is 15.0 Å². The third kappa shape index (κ3) is 4.30. The molecule has 2 aromatic rings. The highest BCUT2D eigenvalue weighted by Crippen LogP contribution is 2.45. The quantitative estimate of drug-likeness (QED) is 0.520. The van der Waals surface area contributed by atoms with Gasteiger partial charge in [0.1, 0.15) is 5.60 Å². The Morgan fingerprint density at radius 1 is 1.20 bits per heavy atom. The zero-order valence-electron chi connectivity index (χ0n) is 16.8. The van der Waals surface area contributed by atoms with Gasteiger partial charge in [0.2, 0.25) is 12.1 Å². The van der Waals surface area contributed by atoms with E-state index in [1.807, 2.05) is 30.3 Å². The van der Waals surface area contributed by atoms with Gasteiger partial charge in [0.05, 0.1) is 12.2 Å². The van der Waals surface area contributed by atoms with Crippen molar-refractivity contribution >= 4 is 33.6 Å². The summed E-state index contributed by atoms with van der Waals surface area (Å²) in [6, 6.07) is 14.3. The minimum Gasteiger partial charge on any atom is -0.444 e. The zero-order chi connectivity index (χ0) is 22.1. The van der Waals surface area contributed by atoms with Crippen LogP contribution in [0.2, 0.25) is 0 Å². The lowest BCUT2D eigenvalue weighted by molar-refractivity contribution is -0.488. The Kier molecular flexibility index (Phi) is 5.85. The van der Waals surface area contributed by atoms with Crippen LogP contribution >= 0.6 is 15.9 Å². The van der Waals surface area contributed by atoms with Crippen molar-refractivity contribution in [2.24, 2.45) is 0 Å². The molecular formula is C21H22BrN3O5. The molecule has 2 aromatic carbocycles. The first-order chi connectivity index (χ1) is 14.0. The van der Waals surface area contributed by atoms with E-state index >= 15 is 0 Å². The number of benzene rings is 2. The largest absolute Gasteiger partial charge is 0.444 e. The van der Waals surface area contributed by atoms with Gasteiger partial charge in [0.15, 0.2) is 0 Å². The summed E-state index contributed by atoms with van der Waals surface area (Å²) >= 11 is 3.45. The Morgan fingerprint density at radius 3 is 2.47 bits per heavy atom. The maximum atomic E-state index is 13.6. The van der Waals surface area contributed by atoms with E-state index in [4.69, 9.17) is 4.74 Å². The number of hydrogen-bond donors (Lipinski definition) is 1. The number of carbonyl (C=O) groups excluding carboxylic acids is 2. The summed E-state index contributed by atoms with van der Waals surface area (Å²) in [7, 11) is 0. The molecule has 0 aromatic heterocycles. The molecule has 0 unspecified atom stereocenters. The summed E-state index contributed by atoms with van der Waals surface area (Å²) in [5, 5.41) is 14.1. The average Bonchev–Trinajstić information content (AvgIpc) is 2.84. The topological polar surface area (TPSA) is 102 Å². The first-order valence-electron chi connectivity index (χ1n) is 9.31. The van der Waals surface area contributed by atoms with E-state index < -0.39 is 34.6 Å². The maximum Gasteiger partial charge on any atom is 0.408 e. The third-order valence-corrected chi connectivity index (χ3v) is 5.23. The van der Waals surface area contributed by atoms with Crippen molar-refractivity contribution in [2.45, 2.75) is 38.5 Å². The average molecular weight is 476 g/mol. The fourth-order valence-corrected chi connectivity index (χ4v) is 4.06. The van der Waals surface area contributed by atoms with Crippen molar-refractivity contribution in [3.8, 4) is 0 Å². The lowest BCUT2D eigenvalue weighted by Crippen LogP contribution is -2.57. The molecule has 1 aliphatic rings. The Labute approximate surface area is 182 Å². The highest BCUT2D eigenvalue weighted by molar-refractivity contribution is 9.10. The first kappa shape index (κ1) is 21.8. The van der Waals surface area contributed by atoms with Gasteiger partial charge in [0.25, 0.3) is 5.91 Å². The molecule has 0 aliphatic carbocycles. The van der Waals surface area contributed by atoms with Crippen LogP contribution in [0.25, 0.3) is 0 Å². The summed E-state index contributed by atoms with van der Waals surface area (Å²) in [5.41, 5.74) is -1.02. The molecule has 0 saturated heterocycles. The molecule has 1 aliphatic heterocycles. The number of nitrogens with one attached hydrogen (secondary N) is 1. The molecule has 9 heteroatoms. The molecule has 0 bridgehead atoms. The SMILES string of the molecule is CC(C)(C)OC(=O)N[C@]1(C[N+](=O)[O-])C(=O)N(Cc2ccccc2)c2c(Br)cccc21. The standard InChI is InChI=1S/C21H22BrN3O5/c1-20(2,3)30-19(27)23-21(13-25(28)29)15-10-7-11-16(22)17(15)24(18(21)26)12-14-8-5-4-6-9-14/h4-11H,12-13H2,1-3H3,(H,23,27)/t21-/m0/s1. The van der Waals surface area contributed by atoms with Crippen molar-refractivity contribution < 1.29 is 19.2 Å². The van der Waals surface area contributed by atoms with Crippen molar-refractivity contribution in [1.82, 2.24) is 5.32 Å². The molecular weight excluding hydrogens is 454 g/mol. The van der Waals surface area contributed by atoms with Crippen LogP contribution in [0.15, 0.2) is 53.0 Å². The van der Waals surface area contributed by atoms with Gasteiger partial charge < -0.3 is 9.64 Å². The lowest BCUT2D eigenvalue weighted by atomic mass is 9.91. The van der Waals surface area contributed by atoms with E-state index in [1.165, 1.54) is 4.90 Å². The van der Waals surface area contributed by atoms with E-state index in [0.29, 0.717) is 15.7 Å². The van der Waals surface area contributed by atoms with Crippen molar-refractivity contribution in [1.29, 1.82) is 0 Å². The number of alkyl carbamates (subject to hydrolysis) is 1. The van der Waals surface area contributed by atoms with Crippen LogP contribution in [-0.4, -0.2) is 29.1 Å². The van der Waals surface area contributed by atoms with Crippen LogP contribution in [0, 0.1) is 10.1 Å². The number of anilines is 1. The Hall–Kier alpha value is -2.94. The fourth-order valence-electron chi connectivity index (χ4n) is 3.48. The molecule has 8 nitrogen and oxygen atoms in total. The van der Waals surface area contributed by atoms with Crippen LogP contribution in [-0.2, 0) is 21.6 Å². The van der Waals surface area contributed by atoms with Gasteiger partial charge in [-0.05, 0) is 48.3 Å². The highest BCUT2D eigenvalue weighted by atomic mass is 79.9. The molecule has 158 valence electrons. The van der Waals surface area contributed by atoms with Crippen LogP contribution in [0.1, 0.15) is 31.9 Å². The van der Waals surface area contributed by atoms with Crippen molar-refractivity contribution in [3.63, 3.8) is 0 Å². The Morgan fingerprint density at radius 2 is 1.87 bits per heavy atom. The number of fused-ring (bicyclic) bond motifs is 1. The second-order valence-corrected chi connectivity index (χ2v) is 8.89. The van der Waals surface area contributed by atoms with Crippen molar-refractivity contribution in [3.05, 3.63) is 74.2 Å². The van der Waals surface area contributed by atoms with Crippen LogP contribution in [0.3, 0.4) is 0 Å². The van der Waals surface area contributed by atoms with Gasteiger partial charge >= 0.3 is 6.09 Å². The molecule has 1 heterocycles. The summed E-state index contributed by atoms with van der Waals surface area (Å²) in [6.45, 7) is 4.42. The zero-order valence-corrected chi connectivity index (χ0v) is 18.4. The molecule has 0 spiro atoms. The van der Waals surface area contributed by atoms with Crippen LogP contribution in [0.4, 0.5) is 10.5 Å². The number of para-hydroxylation sites is 1. The van der Waals surface area contributed by atoms with Crippen LogP contribution in [0.5, 0.6) is 0 Å². The number of rotatable bonds is 5. The molecule has 0 fully saturated rings. The van der Waals surface area contributed by atoms with Crippen molar-refractivity contribution in [2.75, 3.05) is 11.4 Å². The lowest BCUT2D eigenvalue weighted by Gasteiger charge is -2.28. The monoisotopic (exact) mass is 475 g/mol. The minimum absolute atomic E-state index is 0.199. The second kappa shape index (κ2) is 8.06. The van der Waals surface area contributed by atoms with E-state index in [1.54, 1.807) is 39.0 Å². The van der Waals surface area contributed by atoms with E-state index in [0.717, 1.165) is 5.56 Å². The van der Waals surface area contributed by atoms with E-state index in [9.17, 15) is 19.7 Å². The van der Waals surface area contributed by atoms with Gasteiger partial charge in [-0.1, -0.05) is 42.5 Å². The number of halogens is 1. The predicted molar refractivity (Wildman–Crippen MR) is 115 cm³/mol. The molecule has 0 saturated carbocycles.